The first-order valence-corrected chi connectivity index (χ1v) is 7.55. The van der Waals surface area contributed by atoms with E-state index >= 15 is 0 Å². The van der Waals surface area contributed by atoms with E-state index in [4.69, 9.17) is 0 Å². The number of aromatic nitrogens is 4. The van der Waals surface area contributed by atoms with Crippen LogP contribution in [0.4, 0.5) is 0 Å². The van der Waals surface area contributed by atoms with Gasteiger partial charge in [0.1, 0.15) is 5.39 Å². The van der Waals surface area contributed by atoms with Crippen molar-refractivity contribution in [1.29, 1.82) is 0 Å². The van der Waals surface area contributed by atoms with Gasteiger partial charge in [0.2, 0.25) is 5.91 Å². The molecule has 0 saturated carbocycles. The molecule has 0 fully saturated rings. The van der Waals surface area contributed by atoms with E-state index < -0.39 is 0 Å². The second-order valence-electron chi connectivity index (χ2n) is 6.31. The van der Waals surface area contributed by atoms with Crippen LogP contribution in [0.2, 0.25) is 0 Å². The van der Waals surface area contributed by atoms with Crippen LogP contribution in [0.5, 0.6) is 0 Å². The third-order valence-electron chi connectivity index (χ3n) is 3.34. The number of aryl methyl sites for hydroxylation is 1. The molecular formula is C15H23N5O2. The summed E-state index contributed by atoms with van der Waals surface area (Å²) in [5, 5.41) is 7.54. The fraction of sp³-hybridized carbons (Fsp3) is 0.600. The molecule has 120 valence electrons. The lowest BCUT2D eigenvalue weighted by molar-refractivity contribution is -0.121. The van der Waals surface area contributed by atoms with Crippen LogP contribution in [0.15, 0.2) is 17.3 Å². The maximum atomic E-state index is 12.4. The minimum absolute atomic E-state index is 0.0563. The van der Waals surface area contributed by atoms with Crippen LogP contribution in [0.3, 0.4) is 0 Å². The monoisotopic (exact) mass is 305 g/mol. The maximum absolute atomic E-state index is 12.4. The van der Waals surface area contributed by atoms with Crippen molar-refractivity contribution in [3.63, 3.8) is 0 Å². The number of carbonyl (C=O) groups excluding carboxylic acids is 1. The van der Waals surface area contributed by atoms with E-state index in [1.807, 2.05) is 27.7 Å². The van der Waals surface area contributed by atoms with Gasteiger partial charge in [0, 0.05) is 19.5 Å². The number of nitrogens with zero attached hydrogens (tertiary/aromatic N) is 4. The molecule has 0 radical (unpaired) electrons. The summed E-state index contributed by atoms with van der Waals surface area (Å²) >= 11 is 0. The molecule has 22 heavy (non-hydrogen) atoms. The highest BCUT2D eigenvalue weighted by Gasteiger charge is 2.19. The summed E-state index contributed by atoms with van der Waals surface area (Å²) in [6, 6.07) is 0. The van der Waals surface area contributed by atoms with Gasteiger partial charge in [0.15, 0.2) is 5.65 Å². The first kappa shape index (κ1) is 16.2. The smallest absolute Gasteiger partial charge is 0.264 e. The molecule has 0 bridgehead atoms. The Morgan fingerprint density at radius 2 is 2.09 bits per heavy atom. The summed E-state index contributed by atoms with van der Waals surface area (Å²) < 4.78 is 3.20. The SMILES string of the molecule is CCCNC(=O)CCn1cnc2c(cnn2C(C)(C)C)c1=O. The highest BCUT2D eigenvalue weighted by Crippen LogP contribution is 2.17. The summed E-state index contributed by atoms with van der Waals surface area (Å²) in [5.41, 5.74) is 0.168. The molecule has 0 saturated heterocycles. The third-order valence-corrected chi connectivity index (χ3v) is 3.34. The van der Waals surface area contributed by atoms with Gasteiger partial charge < -0.3 is 5.32 Å². The van der Waals surface area contributed by atoms with E-state index in [1.54, 1.807) is 10.9 Å². The highest BCUT2D eigenvalue weighted by atomic mass is 16.1. The van der Waals surface area contributed by atoms with Crippen molar-refractivity contribution in [1.82, 2.24) is 24.6 Å². The number of fused-ring (bicyclic) bond motifs is 1. The largest absolute Gasteiger partial charge is 0.356 e. The van der Waals surface area contributed by atoms with Crippen molar-refractivity contribution in [2.75, 3.05) is 6.54 Å². The maximum Gasteiger partial charge on any atom is 0.264 e. The fourth-order valence-electron chi connectivity index (χ4n) is 2.17. The molecule has 1 amide bonds. The normalized spacial score (nSPS) is 11.8. The number of carbonyl (C=O) groups is 1. The number of nitrogens with one attached hydrogen (secondary N) is 1. The Kier molecular flexibility index (Phi) is 4.63. The first-order chi connectivity index (χ1) is 10.3. The molecule has 0 spiro atoms. The van der Waals surface area contributed by atoms with Crippen molar-refractivity contribution in [3.8, 4) is 0 Å². The second kappa shape index (κ2) is 6.29. The van der Waals surface area contributed by atoms with Crippen molar-refractivity contribution in [3.05, 3.63) is 22.9 Å². The summed E-state index contributed by atoms with van der Waals surface area (Å²) in [5.74, 6) is -0.0563. The lowest BCUT2D eigenvalue weighted by atomic mass is 10.1. The summed E-state index contributed by atoms with van der Waals surface area (Å²) in [6.45, 7) is 8.98. The van der Waals surface area contributed by atoms with Crippen LogP contribution in [-0.2, 0) is 16.9 Å². The van der Waals surface area contributed by atoms with Crippen LogP contribution >= 0.6 is 0 Å². The quantitative estimate of drug-likeness (QED) is 0.901. The second-order valence-corrected chi connectivity index (χ2v) is 6.31. The van der Waals surface area contributed by atoms with Crippen LogP contribution in [0, 0.1) is 0 Å². The van der Waals surface area contributed by atoms with E-state index in [0.717, 1.165) is 6.42 Å². The van der Waals surface area contributed by atoms with Gasteiger partial charge in [-0.2, -0.15) is 5.10 Å². The molecule has 2 heterocycles. The van der Waals surface area contributed by atoms with Gasteiger partial charge in [0.25, 0.3) is 5.56 Å². The van der Waals surface area contributed by atoms with Gasteiger partial charge >= 0.3 is 0 Å². The zero-order valence-electron chi connectivity index (χ0n) is 13.6. The van der Waals surface area contributed by atoms with Gasteiger partial charge in [-0.3, -0.25) is 14.2 Å². The fourth-order valence-corrected chi connectivity index (χ4v) is 2.17. The average molecular weight is 305 g/mol. The molecule has 0 aliphatic heterocycles. The predicted octanol–water partition coefficient (Wildman–Crippen LogP) is 1.26. The average Bonchev–Trinajstić information content (AvgIpc) is 2.89. The van der Waals surface area contributed by atoms with Crippen LogP contribution in [0.25, 0.3) is 11.0 Å². The Bertz CT molecular complexity index is 724. The third kappa shape index (κ3) is 3.35. The lowest BCUT2D eigenvalue weighted by Crippen LogP contribution is -2.28. The van der Waals surface area contributed by atoms with Crippen LogP contribution < -0.4 is 10.9 Å². The molecule has 2 aromatic heterocycles. The van der Waals surface area contributed by atoms with Gasteiger partial charge in [-0.05, 0) is 27.2 Å². The Labute approximate surface area is 129 Å². The molecule has 7 heteroatoms. The topological polar surface area (TPSA) is 81.8 Å². The molecule has 0 unspecified atom stereocenters. The van der Waals surface area contributed by atoms with Crippen LogP contribution in [0.1, 0.15) is 40.5 Å². The molecule has 7 nitrogen and oxygen atoms in total. The minimum Gasteiger partial charge on any atom is -0.356 e. The van der Waals surface area contributed by atoms with E-state index in [9.17, 15) is 9.59 Å². The van der Waals surface area contributed by atoms with E-state index in [2.05, 4.69) is 15.4 Å². The van der Waals surface area contributed by atoms with Gasteiger partial charge in [-0.1, -0.05) is 6.92 Å². The van der Waals surface area contributed by atoms with E-state index in [0.29, 0.717) is 24.1 Å². The van der Waals surface area contributed by atoms with Gasteiger partial charge in [-0.25, -0.2) is 9.67 Å². The zero-order chi connectivity index (χ0) is 16.3. The summed E-state index contributed by atoms with van der Waals surface area (Å²) in [7, 11) is 0. The molecule has 2 rings (SSSR count). The number of hydrogen-bond acceptors (Lipinski definition) is 4. The molecule has 0 aliphatic rings. The molecule has 2 aromatic rings. The first-order valence-electron chi connectivity index (χ1n) is 7.55. The van der Waals surface area contributed by atoms with Crippen molar-refractivity contribution in [2.24, 2.45) is 0 Å². The number of hydrogen-bond donors (Lipinski definition) is 1. The molecule has 0 aliphatic carbocycles. The number of rotatable bonds is 5. The van der Waals surface area contributed by atoms with Crippen molar-refractivity contribution in [2.45, 2.75) is 52.6 Å². The minimum atomic E-state index is -0.243. The van der Waals surface area contributed by atoms with Gasteiger partial charge in [-0.15, -0.1) is 0 Å². The highest BCUT2D eigenvalue weighted by molar-refractivity contribution is 5.76. The van der Waals surface area contributed by atoms with E-state index in [-0.39, 0.29) is 23.4 Å². The van der Waals surface area contributed by atoms with Crippen LogP contribution in [-0.4, -0.2) is 31.8 Å². The lowest BCUT2D eigenvalue weighted by Gasteiger charge is -2.19. The Hall–Kier alpha value is -2.18. The molecular weight excluding hydrogens is 282 g/mol. The van der Waals surface area contributed by atoms with E-state index in [1.165, 1.54) is 10.9 Å². The zero-order valence-corrected chi connectivity index (χ0v) is 13.6. The predicted molar refractivity (Wildman–Crippen MR) is 84.7 cm³/mol. The molecule has 0 atom stereocenters. The summed E-state index contributed by atoms with van der Waals surface area (Å²) in [6.07, 6.45) is 4.19. The standard InChI is InChI=1S/C15H23N5O2/c1-5-7-16-12(21)6-8-19-10-17-13-11(14(19)22)9-18-20(13)15(2,3)4/h9-10H,5-8H2,1-4H3,(H,16,21). The summed E-state index contributed by atoms with van der Waals surface area (Å²) in [4.78, 5) is 28.4. The Morgan fingerprint density at radius 3 is 2.73 bits per heavy atom. The Morgan fingerprint density at radius 1 is 1.36 bits per heavy atom. The molecule has 0 aromatic carbocycles. The Balaban J connectivity index is 2.22. The van der Waals surface area contributed by atoms with Crippen molar-refractivity contribution >= 4 is 16.9 Å². The van der Waals surface area contributed by atoms with Gasteiger partial charge in [0.05, 0.1) is 18.1 Å². The number of amides is 1. The van der Waals surface area contributed by atoms with Crippen molar-refractivity contribution < 1.29 is 4.79 Å². The molecule has 1 N–H and O–H groups in total.